The van der Waals surface area contributed by atoms with Crippen LogP contribution in [0.1, 0.15) is 6.92 Å². The quantitative estimate of drug-likeness (QED) is 0.736. The number of ether oxygens (including phenoxy) is 4. The number of nitrogens with one attached hydrogen (secondary N) is 2. The highest BCUT2D eigenvalue weighted by Gasteiger charge is 2.26. The van der Waals surface area contributed by atoms with E-state index in [-0.39, 0.29) is 13.2 Å². The van der Waals surface area contributed by atoms with Crippen LogP contribution in [0.3, 0.4) is 0 Å². The Labute approximate surface area is 140 Å². The molecular weight excluding hydrogens is 316 g/mol. The van der Waals surface area contributed by atoms with Crippen LogP contribution in [-0.4, -0.2) is 58.0 Å². The fraction of sp³-hybridized carbons (Fsp3) is 0.500. The lowest BCUT2D eigenvalue weighted by Crippen LogP contribution is -2.48. The maximum Gasteiger partial charge on any atom is 0.313 e. The van der Waals surface area contributed by atoms with Crippen molar-refractivity contribution in [2.45, 2.75) is 12.5 Å². The average molecular weight is 338 g/mol. The lowest BCUT2D eigenvalue weighted by atomic mass is 10.1. The minimum absolute atomic E-state index is 0.144. The summed E-state index contributed by atoms with van der Waals surface area (Å²) in [6, 6.07) is 4.94. The van der Waals surface area contributed by atoms with E-state index in [0.717, 1.165) is 0 Å². The Bertz CT molecular complexity index is 606. The van der Waals surface area contributed by atoms with Gasteiger partial charge in [0.05, 0.1) is 6.61 Å². The standard InChI is InChI=1S/C16H22N2O6/c1-16(22-3,10-21-2)9-17-14(19)15(20)18-11-4-5-12-13(8-11)24-7-6-23-12/h4-5,8H,6-7,9-10H2,1-3H3,(H,17,19)(H,18,20). The number of hydrogen-bond acceptors (Lipinski definition) is 6. The number of carbonyl (C=O) groups excluding carboxylic acids is 2. The number of anilines is 1. The number of carbonyl (C=O) groups is 2. The summed E-state index contributed by atoms with van der Waals surface area (Å²) < 4.78 is 21.2. The summed E-state index contributed by atoms with van der Waals surface area (Å²) in [5.74, 6) is -0.391. The first-order valence-electron chi connectivity index (χ1n) is 7.50. The molecule has 24 heavy (non-hydrogen) atoms. The van der Waals surface area contributed by atoms with Gasteiger partial charge in [0.2, 0.25) is 0 Å². The van der Waals surface area contributed by atoms with E-state index in [1.54, 1.807) is 25.1 Å². The van der Waals surface area contributed by atoms with Crippen LogP contribution in [0.25, 0.3) is 0 Å². The van der Waals surface area contributed by atoms with Gasteiger partial charge in [0.1, 0.15) is 18.8 Å². The van der Waals surface area contributed by atoms with E-state index >= 15 is 0 Å². The van der Waals surface area contributed by atoms with Gasteiger partial charge in [0.25, 0.3) is 0 Å². The Hall–Kier alpha value is -2.32. The van der Waals surface area contributed by atoms with E-state index < -0.39 is 17.4 Å². The van der Waals surface area contributed by atoms with Gasteiger partial charge in [-0.25, -0.2) is 0 Å². The Morgan fingerprint density at radius 2 is 1.88 bits per heavy atom. The molecule has 0 aliphatic carbocycles. The Morgan fingerprint density at radius 3 is 2.54 bits per heavy atom. The third-order valence-electron chi connectivity index (χ3n) is 3.57. The molecule has 132 valence electrons. The molecular formula is C16H22N2O6. The molecule has 1 aromatic carbocycles. The van der Waals surface area contributed by atoms with E-state index in [2.05, 4.69) is 10.6 Å². The summed E-state index contributed by atoms with van der Waals surface area (Å²) in [7, 11) is 3.05. The van der Waals surface area contributed by atoms with Crippen LogP contribution in [-0.2, 0) is 19.1 Å². The van der Waals surface area contributed by atoms with Crippen molar-refractivity contribution in [3.8, 4) is 11.5 Å². The summed E-state index contributed by atoms with van der Waals surface area (Å²) in [4.78, 5) is 23.9. The molecule has 0 spiro atoms. The average Bonchev–Trinajstić information content (AvgIpc) is 2.59. The molecule has 1 heterocycles. The molecule has 0 saturated carbocycles. The zero-order chi connectivity index (χ0) is 17.6. The van der Waals surface area contributed by atoms with Crippen molar-refractivity contribution >= 4 is 17.5 Å². The van der Waals surface area contributed by atoms with Crippen molar-refractivity contribution in [2.24, 2.45) is 0 Å². The van der Waals surface area contributed by atoms with Crippen molar-refractivity contribution in [1.82, 2.24) is 5.32 Å². The third kappa shape index (κ3) is 4.59. The van der Waals surface area contributed by atoms with Gasteiger partial charge in [-0.15, -0.1) is 0 Å². The van der Waals surface area contributed by atoms with Crippen LogP contribution < -0.4 is 20.1 Å². The topological polar surface area (TPSA) is 95.1 Å². The van der Waals surface area contributed by atoms with Crippen molar-refractivity contribution in [2.75, 3.05) is 45.9 Å². The van der Waals surface area contributed by atoms with E-state index in [9.17, 15) is 9.59 Å². The van der Waals surface area contributed by atoms with Crippen molar-refractivity contribution in [3.05, 3.63) is 18.2 Å². The predicted octanol–water partition coefficient (Wildman–Crippen LogP) is 0.564. The van der Waals surface area contributed by atoms with Gasteiger partial charge in [-0.05, 0) is 19.1 Å². The first-order valence-corrected chi connectivity index (χ1v) is 7.50. The summed E-state index contributed by atoms with van der Waals surface area (Å²) in [6.45, 7) is 3.13. The SMILES string of the molecule is COCC(C)(CNC(=O)C(=O)Nc1ccc2c(c1)OCCO2)OC. The van der Waals surface area contributed by atoms with Gasteiger partial charge in [-0.3, -0.25) is 9.59 Å². The Morgan fingerprint density at radius 1 is 1.17 bits per heavy atom. The molecule has 1 unspecified atom stereocenters. The highest BCUT2D eigenvalue weighted by molar-refractivity contribution is 6.39. The van der Waals surface area contributed by atoms with Gasteiger partial charge in [-0.1, -0.05) is 0 Å². The fourth-order valence-corrected chi connectivity index (χ4v) is 2.14. The van der Waals surface area contributed by atoms with Crippen LogP contribution in [0.4, 0.5) is 5.69 Å². The molecule has 0 radical (unpaired) electrons. The second-order valence-corrected chi connectivity index (χ2v) is 5.58. The molecule has 0 aromatic heterocycles. The Balaban J connectivity index is 1.91. The lowest BCUT2D eigenvalue weighted by Gasteiger charge is -2.27. The number of benzene rings is 1. The van der Waals surface area contributed by atoms with Crippen molar-refractivity contribution in [3.63, 3.8) is 0 Å². The Kier molecular flexibility index (Phi) is 5.99. The minimum Gasteiger partial charge on any atom is -0.486 e. The first-order chi connectivity index (χ1) is 11.5. The number of fused-ring (bicyclic) bond motifs is 1. The van der Waals surface area contributed by atoms with Gasteiger partial charge < -0.3 is 29.6 Å². The molecule has 8 nitrogen and oxygen atoms in total. The van der Waals surface area contributed by atoms with Crippen LogP contribution in [0, 0.1) is 0 Å². The first kappa shape index (κ1) is 18.0. The molecule has 2 amide bonds. The number of amides is 2. The smallest absolute Gasteiger partial charge is 0.313 e. The van der Waals surface area contributed by atoms with Gasteiger partial charge in [-0.2, -0.15) is 0 Å². The van der Waals surface area contributed by atoms with Gasteiger partial charge >= 0.3 is 11.8 Å². The van der Waals surface area contributed by atoms with E-state index in [1.165, 1.54) is 14.2 Å². The van der Waals surface area contributed by atoms with Crippen LogP contribution in [0.15, 0.2) is 18.2 Å². The maximum atomic E-state index is 12.0. The molecule has 1 aromatic rings. The fourth-order valence-electron chi connectivity index (χ4n) is 2.14. The molecule has 0 saturated heterocycles. The van der Waals surface area contributed by atoms with Gasteiger partial charge in [0.15, 0.2) is 11.5 Å². The molecule has 0 fully saturated rings. The normalized spacial score (nSPS) is 15.3. The molecule has 1 aliphatic heterocycles. The molecule has 2 rings (SSSR count). The van der Waals surface area contributed by atoms with E-state index in [0.29, 0.717) is 30.4 Å². The number of hydrogen-bond donors (Lipinski definition) is 2. The highest BCUT2D eigenvalue weighted by atomic mass is 16.6. The third-order valence-corrected chi connectivity index (χ3v) is 3.57. The predicted molar refractivity (Wildman–Crippen MR) is 86.4 cm³/mol. The molecule has 1 atom stereocenters. The number of methoxy groups -OCH3 is 2. The van der Waals surface area contributed by atoms with E-state index in [1.807, 2.05) is 0 Å². The zero-order valence-corrected chi connectivity index (χ0v) is 14.0. The second kappa shape index (κ2) is 7.98. The largest absolute Gasteiger partial charge is 0.486 e. The number of rotatable bonds is 6. The van der Waals surface area contributed by atoms with Crippen LogP contribution >= 0.6 is 0 Å². The van der Waals surface area contributed by atoms with Crippen molar-refractivity contribution in [1.29, 1.82) is 0 Å². The second-order valence-electron chi connectivity index (χ2n) is 5.58. The molecule has 1 aliphatic rings. The highest BCUT2D eigenvalue weighted by Crippen LogP contribution is 2.32. The van der Waals surface area contributed by atoms with Crippen LogP contribution in [0.2, 0.25) is 0 Å². The summed E-state index contributed by atoms with van der Waals surface area (Å²) in [6.07, 6.45) is 0. The maximum absolute atomic E-state index is 12.0. The zero-order valence-electron chi connectivity index (χ0n) is 14.0. The summed E-state index contributed by atoms with van der Waals surface area (Å²) >= 11 is 0. The van der Waals surface area contributed by atoms with E-state index in [4.69, 9.17) is 18.9 Å². The lowest BCUT2D eigenvalue weighted by molar-refractivity contribution is -0.137. The minimum atomic E-state index is -0.775. The summed E-state index contributed by atoms with van der Waals surface area (Å²) in [5, 5.41) is 5.05. The molecule has 0 bridgehead atoms. The molecule has 2 N–H and O–H groups in total. The summed E-state index contributed by atoms with van der Waals surface area (Å²) in [5.41, 5.74) is -0.257. The van der Waals surface area contributed by atoms with Gasteiger partial charge in [0, 0.05) is 32.5 Å². The monoisotopic (exact) mass is 338 g/mol. The van der Waals surface area contributed by atoms with Crippen molar-refractivity contribution < 1.29 is 28.5 Å². The molecule has 8 heteroatoms. The van der Waals surface area contributed by atoms with Crippen LogP contribution in [0.5, 0.6) is 11.5 Å².